The minimum atomic E-state index is -0.120. The largest absolute Gasteiger partial charge is 0.493 e. The van der Waals surface area contributed by atoms with Crippen LogP contribution >= 0.6 is 0 Å². The summed E-state index contributed by atoms with van der Waals surface area (Å²) in [6, 6.07) is 22.5. The molecule has 3 aromatic carbocycles. The van der Waals surface area contributed by atoms with Crippen molar-refractivity contribution in [3.8, 4) is 5.75 Å². The number of aromatic nitrogens is 3. The Kier molecular flexibility index (Phi) is 7.37. The van der Waals surface area contributed by atoms with E-state index in [0.717, 1.165) is 62.0 Å². The second-order valence-electron chi connectivity index (χ2n) is 12.8. The van der Waals surface area contributed by atoms with E-state index >= 15 is 0 Å². The molecule has 8 bridgehead atoms. The van der Waals surface area contributed by atoms with E-state index in [9.17, 15) is 0 Å². The van der Waals surface area contributed by atoms with Crippen molar-refractivity contribution in [1.29, 1.82) is 0 Å². The number of hydrogen-bond acceptors (Lipinski definition) is 6. The minimum absolute atomic E-state index is 0.120. The van der Waals surface area contributed by atoms with E-state index in [1.54, 1.807) is 0 Å². The average molecular weight is 645 g/mol. The lowest BCUT2D eigenvalue weighted by molar-refractivity contribution is 0.307. The van der Waals surface area contributed by atoms with E-state index in [1.807, 2.05) is 48.6 Å². The highest BCUT2D eigenvalue weighted by Gasteiger charge is 2.28. The van der Waals surface area contributed by atoms with E-state index < -0.39 is 0 Å². The summed E-state index contributed by atoms with van der Waals surface area (Å²) in [4.78, 5) is 36.3. The number of nitrogens with zero attached hydrogens (tertiary/aromatic N) is 5. The van der Waals surface area contributed by atoms with E-state index in [1.165, 1.54) is 25.7 Å². The molecule has 9 heteroatoms. The van der Waals surface area contributed by atoms with Crippen LogP contribution in [0.5, 0.6) is 5.75 Å². The molecule has 0 spiro atoms. The molecule has 2 aliphatic heterocycles. The molecule has 0 saturated heterocycles. The van der Waals surface area contributed by atoms with Gasteiger partial charge in [-0.1, -0.05) is 124 Å². The number of ether oxygens (including phenoxy) is 1. The van der Waals surface area contributed by atoms with Crippen molar-refractivity contribution in [2.24, 2.45) is 30.9 Å². The normalized spacial score (nSPS) is 17.0. The van der Waals surface area contributed by atoms with Crippen molar-refractivity contribution in [3.63, 3.8) is 0 Å². The number of nitrogens with one attached hydrogen (secondary N) is 3. The van der Waals surface area contributed by atoms with Crippen molar-refractivity contribution in [2.45, 2.75) is 45.4 Å². The first-order chi connectivity index (χ1) is 24.2. The Morgan fingerprint density at radius 3 is 2.02 bits per heavy atom. The number of H-pyrrole nitrogens is 3. The van der Waals surface area contributed by atoms with Crippen LogP contribution in [0.1, 0.15) is 45.4 Å². The molecule has 49 heavy (non-hydrogen) atoms. The second-order valence-corrected chi connectivity index (χ2v) is 12.8. The fourth-order valence-electron chi connectivity index (χ4n) is 7.06. The highest BCUT2D eigenvalue weighted by molar-refractivity contribution is 6.00. The number of benzene rings is 3. The smallest absolute Gasteiger partial charge is 0.160 e. The summed E-state index contributed by atoms with van der Waals surface area (Å²) in [5.41, 5.74) is 3.77. The van der Waals surface area contributed by atoms with Gasteiger partial charge in [0, 0.05) is 32.5 Å². The number of rotatable bonds is 8. The van der Waals surface area contributed by atoms with Crippen LogP contribution in [0.4, 0.5) is 11.6 Å². The van der Waals surface area contributed by atoms with Crippen LogP contribution in [0.15, 0.2) is 127 Å². The zero-order valence-electron chi connectivity index (χ0n) is 27.3. The molecule has 1 aliphatic carbocycles. The highest BCUT2D eigenvalue weighted by Crippen LogP contribution is 2.34. The van der Waals surface area contributed by atoms with Crippen LogP contribution in [-0.4, -0.2) is 27.4 Å². The lowest BCUT2D eigenvalue weighted by Crippen LogP contribution is -2.17. The summed E-state index contributed by atoms with van der Waals surface area (Å²) in [5, 5.41) is 5.71. The Labute approximate surface area is 282 Å². The summed E-state index contributed by atoms with van der Waals surface area (Å²) in [6.07, 6.45) is 15.5. The third-order valence-corrected chi connectivity index (χ3v) is 9.53. The van der Waals surface area contributed by atoms with Gasteiger partial charge in [-0.05, 0) is 12.5 Å². The van der Waals surface area contributed by atoms with Crippen molar-refractivity contribution < 1.29 is 4.74 Å². The maximum atomic E-state index is 6.47. The molecule has 3 N–H and O–H groups in total. The topological polar surface area (TPSA) is 118 Å². The molecule has 3 aromatic heterocycles. The number of fused-ring (bicyclic) bond motifs is 18. The van der Waals surface area contributed by atoms with Gasteiger partial charge in [0.1, 0.15) is 45.2 Å². The highest BCUT2D eigenvalue weighted by atomic mass is 16.5. The summed E-state index contributed by atoms with van der Waals surface area (Å²) in [7, 11) is 0. The lowest BCUT2D eigenvalue weighted by atomic mass is 9.95. The molecule has 3 aliphatic rings. The number of aromatic amines is 3. The molecule has 0 fully saturated rings. The fourth-order valence-corrected chi connectivity index (χ4v) is 7.06. The number of unbranched alkanes of at least 4 members (excludes halogenated alkanes) is 5. The molecule has 6 aromatic rings. The molecule has 9 rings (SSSR count). The Morgan fingerprint density at radius 1 is 0.592 bits per heavy atom. The van der Waals surface area contributed by atoms with Gasteiger partial charge in [-0.25, -0.2) is 25.0 Å². The zero-order chi connectivity index (χ0) is 32.7. The van der Waals surface area contributed by atoms with Crippen molar-refractivity contribution >= 4 is 49.8 Å². The van der Waals surface area contributed by atoms with Gasteiger partial charge in [0.25, 0.3) is 0 Å². The Balaban J connectivity index is 1.29. The van der Waals surface area contributed by atoms with Crippen molar-refractivity contribution in [3.05, 3.63) is 124 Å². The minimum Gasteiger partial charge on any atom is -0.493 e. The van der Waals surface area contributed by atoms with Gasteiger partial charge in [-0.3, -0.25) is 0 Å². The Morgan fingerprint density at radius 2 is 1.24 bits per heavy atom. The summed E-state index contributed by atoms with van der Waals surface area (Å²) in [6.45, 7) is 2.89. The summed E-state index contributed by atoms with van der Waals surface area (Å²) < 4.78 is 6.47. The maximum Gasteiger partial charge on any atom is 0.160 e. The third kappa shape index (κ3) is 5.22. The number of hydrogen-bond donors (Lipinski definition) is 3. The first-order valence-electron chi connectivity index (χ1n) is 17.3. The second kappa shape index (κ2) is 12.3. The van der Waals surface area contributed by atoms with Gasteiger partial charge >= 0.3 is 0 Å². The van der Waals surface area contributed by atoms with Crippen molar-refractivity contribution in [2.75, 3.05) is 6.61 Å². The van der Waals surface area contributed by atoms with Crippen molar-refractivity contribution in [1.82, 2.24) is 15.0 Å². The third-order valence-electron chi connectivity index (χ3n) is 9.53. The molecular formula is C40H36N8O. The molecule has 0 saturated carbocycles. The molecule has 5 heterocycles. The van der Waals surface area contributed by atoms with Gasteiger partial charge in [0.15, 0.2) is 5.82 Å². The zero-order valence-corrected chi connectivity index (χ0v) is 27.3. The number of allylic oxidation sites excluding steroid dienone is 3. The van der Waals surface area contributed by atoms with Gasteiger partial charge in [0.05, 0.1) is 17.9 Å². The monoisotopic (exact) mass is 644 g/mol. The van der Waals surface area contributed by atoms with Crippen LogP contribution in [-0.2, 0) is 0 Å². The fraction of sp³-hybridized carbons (Fsp3) is 0.225. The van der Waals surface area contributed by atoms with Gasteiger partial charge in [-0.2, -0.15) is 0 Å². The van der Waals surface area contributed by atoms with Crippen LogP contribution < -0.4 is 26.7 Å². The van der Waals surface area contributed by atoms with Crippen LogP contribution in [0.2, 0.25) is 0 Å². The molecular weight excluding hydrogens is 608 g/mol. The number of amidine groups is 1. The molecule has 9 nitrogen and oxygen atoms in total. The molecule has 0 amide bonds. The maximum absolute atomic E-state index is 6.47. The first kappa shape index (κ1) is 29.3. The first-order valence-corrected chi connectivity index (χ1v) is 17.3. The predicted molar refractivity (Wildman–Crippen MR) is 194 cm³/mol. The molecule has 0 radical (unpaired) electrons. The predicted octanol–water partition coefficient (Wildman–Crippen LogP) is 7.39. The number of aliphatic imine (C=N–C) groups is 1. The summed E-state index contributed by atoms with van der Waals surface area (Å²) in [5.74, 6) is 3.38. The summed E-state index contributed by atoms with van der Waals surface area (Å²) >= 11 is 0. The SMILES string of the molecule is CCCCCCCCOc1cccc2c3[nH]c(c12)=NC1=C2C=CC=CC2C(=N1)N=c1[nH]/c(c2ccccc12)=N\c1[nH]c(c2ccccc12)N=3. The molecule has 1 atom stereocenters. The van der Waals surface area contributed by atoms with E-state index in [-0.39, 0.29) is 5.92 Å². The average Bonchev–Trinajstić information content (AvgIpc) is 3.87. The van der Waals surface area contributed by atoms with Crippen LogP contribution in [0, 0.1) is 5.92 Å². The van der Waals surface area contributed by atoms with Gasteiger partial charge in [0.2, 0.25) is 0 Å². The Bertz CT molecular complexity index is 2650. The lowest BCUT2D eigenvalue weighted by Gasteiger charge is -2.09. The van der Waals surface area contributed by atoms with E-state index in [4.69, 9.17) is 29.7 Å². The van der Waals surface area contributed by atoms with E-state index in [0.29, 0.717) is 46.4 Å². The van der Waals surface area contributed by atoms with Gasteiger partial charge in [-0.15, -0.1) is 0 Å². The standard InChI is InChI=1S/C40H36N8O/c1-2-3-4-5-6-13-23-49-31-22-14-21-30-32(31)40-47-38-29-20-12-11-19-28(29)36(45-38)43-34-25-16-8-7-15-24(25)33(41-34)42-35-26-17-9-10-18-27(26)37(44-35)46-39(30)48-40/h7-12,14-22,28,44H,2-6,13,23H2,1H3,(H,46,47,48)(H,41,42,43,45). The van der Waals surface area contributed by atoms with Crippen LogP contribution in [0.25, 0.3) is 32.3 Å². The molecule has 1 unspecified atom stereocenters. The quantitative estimate of drug-likeness (QED) is 0.147. The van der Waals surface area contributed by atoms with E-state index in [2.05, 4.69) is 64.4 Å². The molecule has 242 valence electrons. The van der Waals surface area contributed by atoms with Crippen LogP contribution in [0.3, 0.4) is 0 Å². The Hall–Kier alpha value is -5.83. The van der Waals surface area contributed by atoms with Gasteiger partial charge < -0.3 is 19.7 Å².